The van der Waals surface area contributed by atoms with E-state index in [1.54, 1.807) is 24.3 Å². The predicted octanol–water partition coefficient (Wildman–Crippen LogP) is 4.05. The normalized spacial score (nSPS) is 13.1. The van der Waals surface area contributed by atoms with Crippen molar-refractivity contribution in [2.75, 3.05) is 14.1 Å². The zero-order valence-corrected chi connectivity index (χ0v) is 28.5. The predicted molar refractivity (Wildman–Crippen MR) is 179 cm³/mol. The molecule has 1 amide bonds. The van der Waals surface area contributed by atoms with Gasteiger partial charge in [-0.1, -0.05) is 36.4 Å². The second-order valence-corrected chi connectivity index (χ2v) is 14.4. The molecule has 13 heteroatoms. The van der Waals surface area contributed by atoms with Crippen LogP contribution < -0.4 is 10.4 Å². The molecule has 1 heterocycles. The smallest absolute Gasteiger partial charge is 0.268 e. The van der Waals surface area contributed by atoms with Crippen LogP contribution in [-0.2, 0) is 27.8 Å². The van der Waals surface area contributed by atoms with E-state index in [0.717, 1.165) is 4.31 Å². The number of carboxylic acid groups (broad SMARTS) is 1. The van der Waals surface area contributed by atoms with Gasteiger partial charge in [-0.05, 0) is 86.2 Å². The number of sulfonamides is 1. The summed E-state index contributed by atoms with van der Waals surface area (Å²) in [5.41, 5.74) is 3.56. The zero-order valence-electron chi connectivity index (χ0n) is 27.7. The molecule has 0 aliphatic carbocycles. The van der Waals surface area contributed by atoms with Crippen molar-refractivity contribution >= 4 is 21.9 Å². The van der Waals surface area contributed by atoms with Gasteiger partial charge in [0.05, 0.1) is 17.1 Å². The molecule has 0 aliphatic rings. The number of aliphatic carboxylic acids is 1. The molecule has 0 saturated heterocycles. The molecule has 0 radical (unpaired) electrons. The third-order valence-corrected chi connectivity index (χ3v) is 9.95. The first-order chi connectivity index (χ1) is 23.1. The maximum Gasteiger partial charge on any atom is 0.268 e. The van der Waals surface area contributed by atoms with E-state index in [1.165, 1.54) is 62.6 Å². The van der Waals surface area contributed by atoms with Crippen LogP contribution in [0, 0.1) is 11.6 Å². The molecule has 4 rings (SSSR count). The van der Waals surface area contributed by atoms with Crippen LogP contribution in [0.25, 0.3) is 22.3 Å². The molecule has 10 nitrogen and oxygen atoms in total. The molecule has 1 aromatic heterocycles. The lowest BCUT2D eigenvalue weighted by atomic mass is 9.92. The highest BCUT2D eigenvalue weighted by Gasteiger charge is 2.30. The summed E-state index contributed by atoms with van der Waals surface area (Å²) in [4.78, 5) is 25.3. The number of aliphatic hydroxyl groups excluding tert-OH is 2. The van der Waals surface area contributed by atoms with Crippen LogP contribution in [0.15, 0.2) is 77.7 Å². The monoisotopic (exact) mass is 696 g/mol. The molecule has 0 fully saturated rings. The van der Waals surface area contributed by atoms with E-state index in [0.29, 0.717) is 33.5 Å². The van der Waals surface area contributed by atoms with Gasteiger partial charge in [-0.3, -0.25) is 4.79 Å². The van der Waals surface area contributed by atoms with E-state index >= 15 is 0 Å². The Balaban J connectivity index is 1.82. The molecule has 49 heavy (non-hydrogen) atoms. The summed E-state index contributed by atoms with van der Waals surface area (Å²) in [6.45, 7) is 3.78. The number of rotatable bonds is 15. The van der Waals surface area contributed by atoms with Crippen LogP contribution in [0.3, 0.4) is 0 Å². The standard InChI is InChI=1S/C36H41F2N3O7S/c1-22(2)41-31(18-15-28(42)19-29(43)20-32(44)45)33(24-7-11-26(37)12-8-24)34(25-9-13-27(38)14-10-25)35(41)36(46)39-21-23-5-16-30(17-6-23)49(47,48)40(3)4/h5-14,16-17,22,28-29,42-43H,15,18-21H2,1-4H3,(H,39,46)(H,44,45)/p-1/t28-,29-/m1/s1. The van der Waals surface area contributed by atoms with Crippen molar-refractivity contribution in [1.29, 1.82) is 0 Å². The number of hydrogen-bond acceptors (Lipinski definition) is 7. The van der Waals surface area contributed by atoms with Gasteiger partial charge in [-0.25, -0.2) is 21.5 Å². The Labute approximate surface area is 284 Å². The Morgan fingerprint density at radius 3 is 1.88 bits per heavy atom. The maximum absolute atomic E-state index is 14.2. The second-order valence-electron chi connectivity index (χ2n) is 12.3. The maximum atomic E-state index is 14.2. The van der Waals surface area contributed by atoms with Gasteiger partial charge >= 0.3 is 0 Å². The zero-order chi connectivity index (χ0) is 36.0. The molecule has 262 valence electrons. The molecule has 0 aliphatic heterocycles. The van der Waals surface area contributed by atoms with Crippen molar-refractivity contribution in [2.24, 2.45) is 0 Å². The van der Waals surface area contributed by atoms with Crippen LogP contribution in [0.2, 0.25) is 0 Å². The fourth-order valence-electron chi connectivity index (χ4n) is 5.77. The number of carboxylic acids is 1. The lowest BCUT2D eigenvalue weighted by Crippen LogP contribution is -2.29. The van der Waals surface area contributed by atoms with Gasteiger partial charge in [0.15, 0.2) is 0 Å². The molecule has 0 unspecified atom stereocenters. The van der Waals surface area contributed by atoms with Crippen LogP contribution in [0.4, 0.5) is 8.78 Å². The first kappa shape index (κ1) is 37.4. The first-order valence-corrected chi connectivity index (χ1v) is 17.2. The highest BCUT2D eigenvalue weighted by atomic mass is 32.2. The van der Waals surface area contributed by atoms with Crippen molar-refractivity contribution in [1.82, 2.24) is 14.2 Å². The summed E-state index contributed by atoms with van der Waals surface area (Å²) in [5, 5.41) is 34.7. The summed E-state index contributed by atoms with van der Waals surface area (Å²) in [6.07, 6.45) is -3.00. The quantitative estimate of drug-likeness (QED) is 0.170. The van der Waals surface area contributed by atoms with E-state index < -0.39 is 52.2 Å². The van der Waals surface area contributed by atoms with E-state index in [4.69, 9.17) is 0 Å². The van der Waals surface area contributed by atoms with Gasteiger partial charge in [-0.15, -0.1) is 0 Å². The fraction of sp³-hybridized carbons (Fsp3) is 0.333. The van der Waals surface area contributed by atoms with Crippen molar-refractivity contribution in [3.05, 3.63) is 101 Å². The lowest BCUT2D eigenvalue weighted by molar-refractivity contribution is -0.307. The highest BCUT2D eigenvalue weighted by molar-refractivity contribution is 7.89. The SMILES string of the molecule is CC(C)n1c(CC[C@@H](O)C[C@@H](O)CC(=O)[O-])c(-c2ccc(F)cc2)c(-c2ccc(F)cc2)c1C(=O)NCc1ccc(S(=O)(=O)N(C)C)cc1. The minimum atomic E-state index is -3.65. The number of nitrogens with one attached hydrogen (secondary N) is 1. The average Bonchev–Trinajstić information content (AvgIpc) is 3.38. The van der Waals surface area contributed by atoms with Crippen molar-refractivity contribution in [3.8, 4) is 22.3 Å². The van der Waals surface area contributed by atoms with Crippen molar-refractivity contribution < 1.29 is 42.1 Å². The second kappa shape index (κ2) is 15.9. The topological polar surface area (TPSA) is 152 Å². The number of benzene rings is 3. The van der Waals surface area contributed by atoms with Gasteiger partial charge < -0.3 is 30.0 Å². The number of hydrogen-bond donors (Lipinski definition) is 3. The van der Waals surface area contributed by atoms with E-state index in [1.807, 2.05) is 18.4 Å². The molecule has 0 bridgehead atoms. The third-order valence-electron chi connectivity index (χ3n) is 8.12. The Morgan fingerprint density at radius 2 is 1.39 bits per heavy atom. The molecule has 3 aromatic carbocycles. The third kappa shape index (κ3) is 8.98. The Morgan fingerprint density at radius 1 is 0.857 bits per heavy atom. The number of aromatic nitrogens is 1. The van der Waals surface area contributed by atoms with E-state index in [-0.39, 0.29) is 42.4 Å². The molecular formula is C36H40F2N3O7S-. The number of aliphatic hydroxyl groups is 2. The summed E-state index contributed by atoms with van der Waals surface area (Å²) in [7, 11) is -0.781. The molecule has 0 saturated carbocycles. The van der Waals surface area contributed by atoms with Gasteiger partial charge in [0, 0.05) is 55.9 Å². The van der Waals surface area contributed by atoms with Crippen molar-refractivity contribution in [2.45, 2.75) is 69.2 Å². The lowest BCUT2D eigenvalue weighted by Gasteiger charge is -2.20. The van der Waals surface area contributed by atoms with Crippen molar-refractivity contribution in [3.63, 3.8) is 0 Å². The van der Waals surface area contributed by atoms with Gasteiger partial charge in [-0.2, -0.15) is 0 Å². The summed E-state index contributed by atoms with van der Waals surface area (Å²) in [6, 6.07) is 17.1. The number of amides is 1. The fourth-order valence-corrected chi connectivity index (χ4v) is 6.67. The molecule has 4 aromatic rings. The summed E-state index contributed by atoms with van der Waals surface area (Å²) < 4.78 is 56.2. The minimum absolute atomic E-state index is 0.0451. The number of nitrogens with zero attached hydrogens (tertiary/aromatic N) is 2. The van der Waals surface area contributed by atoms with Crippen LogP contribution in [0.5, 0.6) is 0 Å². The highest BCUT2D eigenvalue weighted by Crippen LogP contribution is 2.42. The van der Waals surface area contributed by atoms with Crippen LogP contribution >= 0.6 is 0 Å². The Bertz CT molecular complexity index is 1870. The minimum Gasteiger partial charge on any atom is -0.550 e. The number of carbonyl (C=O) groups is 2. The summed E-state index contributed by atoms with van der Waals surface area (Å²) in [5.74, 6) is -2.89. The summed E-state index contributed by atoms with van der Waals surface area (Å²) >= 11 is 0. The van der Waals surface area contributed by atoms with E-state index in [2.05, 4.69) is 5.32 Å². The largest absolute Gasteiger partial charge is 0.550 e. The Kier molecular flexibility index (Phi) is 12.1. The van der Waals surface area contributed by atoms with Crippen LogP contribution in [-0.4, -0.2) is 65.7 Å². The average molecular weight is 697 g/mol. The Hall–Kier alpha value is -4.43. The number of carbonyl (C=O) groups excluding carboxylic acids is 2. The van der Waals surface area contributed by atoms with Gasteiger partial charge in [0.2, 0.25) is 10.0 Å². The first-order valence-electron chi connectivity index (χ1n) is 15.7. The van der Waals surface area contributed by atoms with Gasteiger partial charge in [0.25, 0.3) is 5.91 Å². The molecule has 2 atom stereocenters. The van der Waals surface area contributed by atoms with E-state index in [9.17, 15) is 42.1 Å². The molecular weight excluding hydrogens is 656 g/mol. The number of halogens is 2. The van der Waals surface area contributed by atoms with Gasteiger partial charge in [0.1, 0.15) is 17.3 Å². The molecule has 3 N–H and O–H groups in total. The molecule has 0 spiro atoms. The van der Waals surface area contributed by atoms with Crippen LogP contribution in [0.1, 0.15) is 60.9 Å².